The third kappa shape index (κ3) is 1.79. The van der Waals surface area contributed by atoms with Gasteiger partial charge in [-0.25, -0.2) is 0 Å². The first kappa shape index (κ1) is 6.75. The van der Waals surface area contributed by atoms with Crippen LogP contribution in [-0.2, 0) is 9.53 Å². The number of carbonyl (C=O) groups excluding carboxylic acids is 1. The number of ketones is 1. The van der Waals surface area contributed by atoms with Crippen molar-refractivity contribution in [1.82, 2.24) is 0 Å². The summed E-state index contributed by atoms with van der Waals surface area (Å²) in [5.74, 6) is 0.928. The summed E-state index contributed by atoms with van der Waals surface area (Å²) in [6.45, 7) is 3.52. The van der Waals surface area contributed by atoms with Gasteiger partial charge in [0.25, 0.3) is 0 Å². The second-order valence-corrected chi connectivity index (χ2v) is 2.47. The molecular weight excluding hydrogens is 116 g/mol. The highest BCUT2D eigenvalue weighted by Gasteiger charge is 2.25. The summed E-state index contributed by atoms with van der Waals surface area (Å²) in [4.78, 5) is 10.4. The van der Waals surface area contributed by atoms with Crippen LogP contribution >= 0.6 is 0 Å². The summed E-state index contributed by atoms with van der Waals surface area (Å²) >= 11 is 0. The topological polar surface area (TPSA) is 26.3 Å². The summed E-state index contributed by atoms with van der Waals surface area (Å²) in [6.07, 6.45) is 1.50. The Morgan fingerprint density at radius 2 is 2.33 bits per heavy atom. The average molecular weight is 128 g/mol. The Balaban J connectivity index is 1.97. The van der Waals surface area contributed by atoms with E-state index in [-0.39, 0.29) is 0 Å². The van der Waals surface area contributed by atoms with Crippen LogP contribution in [0.25, 0.3) is 0 Å². The molecule has 0 aromatic rings. The first-order valence-electron chi connectivity index (χ1n) is 3.42. The molecule has 0 heterocycles. The minimum absolute atomic E-state index is 0.389. The molecule has 0 bridgehead atoms. The largest absolute Gasteiger partial charge is 0.381 e. The van der Waals surface area contributed by atoms with Crippen LogP contribution in [0, 0.1) is 5.92 Å². The van der Waals surface area contributed by atoms with E-state index < -0.39 is 0 Å². The lowest BCUT2D eigenvalue weighted by molar-refractivity contribution is -0.128. The third-order valence-corrected chi connectivity index (χ3v) is 1.59. The summed E-state index contributed by atoms with van der Waals surface area (Å²) in [5, 5.41) is 0. The van der Waals surface area contributed by atoms with Crippen molar-refractivity contribution in [3.8, 4) is 0 Å². The van der Waals surface area contributed by atoms with Gasteiger partial charge in [-0.2, -0.15) is 0 Å². The van der Waals surface area contributed by atoms with Crippen molar-refractivity contribution in [2.45, 2.75) is 19.8 Å². The first-order chi connectivity index (χ1) is 4.33. The lowest BCUT2D eigenvalue weighted by atomic mass is 9.85. The van der Waals surface area contributed by atoms with Crippen molar-refractivity contribution < 1.29 is 9.53 Å². The lowest BCUT2D eigenvalue weighted by Crippen LogP contribution is -2.27. The maximum atomic E-state index is 10.4. The quantitative estimate of drug-likeness (QED) is 0.566. The van der Waals surface area contributed by atoms with Crippen molar-refractivity contribution >= 4 is 5.78 Å². The molecule has 0 atom stereocenters. The maximum Gasteiger partial charge on any atom is 0.133 e. The predicted molar refractivity (Wildman–Crippen MR) is 34.2 cm³/mol. The van der Waals surface area contributed by atoms with Gasteiger partial charge in [-0.1, -0.05) is 0 Å². The Kier molecular flexibility index (Phi) is 2.22. The fourth-order valence-electron chi connectivity index (χ4n) is 0.987. The number of ether oxygens (including phenoxy) is 1. The van der Waals surface area contributed by atoms with Crippen molar-refractivity contribution in [3.63, 3.8) is 0 Å². The Morgan fingerprint density at radius 1 is 1.67 bits per heavy atom. The molecule has 2 nitrogen and oxygen atoms in total. The number of hydrogen-bond acceptors (Lipinski definition) is 2. The van der Waals surface area contributed by atoms with Crippen molar-refractivity contribution in [1.29, 1.82) is 0 Å². The van der Waals surface area contributed by atoms with E-state index in [2.05, 4.69) is 0 Å². The molecule has 52 valence electrons. The molecule has 0 aliphatic heterocycles. The molecule has 1 aliphatic carbocycles. The van der Waals surface area contributed by atoms with E-state index in [9.17, 15) is 4.79 Å². The van der Waals surface area contributed by atoms with E-state index in [1.54, 1.807) is 0 Å². The van der Waals surface area contributed by atoms with Gasteiger partial charge in [-0.3, -0.25) is 4.79 Å². The number of carbonyl (C=O) groups is 1. The molecule has 9 heavy (non-hydrogen) atoms. The zero-order chi connectivity index (χ0) is 6.69. The first-order valence-corrected chi connectivity index (χ1v) is 3.42. The normalized spacial score (nSPS) is 19.9. The molecule has 0 spiro atoms. The Bertz CT molecular complexity index is 101. The Hall–Kier alpha value is -0.370. The van der Waals surface area contributed by atoms with E-state index in [0.717, 1.165) is 26.1 Å². The van der Waals surface area contributed by atoms with Crippen molar-refractivity contribution in [3.05, 3.63) is 0 Å². The highest BCUT2D eigenvalue weighted by Crippen LogP contribution is 2.22. The highest BCUT2D eigenvalue weighted by atomic mass is 16.5. The Labute approximate surface area is 55.2 Å². The molecule has 1 rings (SSSR count). The molecule has 1 saturated carbocycles. The van der Waals surface area contributed by atoms with Gasteiger partial charge in [-0.15, -0.1) is 0 Å². The molecule has 2 heteroatoms. The van der Waals surface area contributed by atoms with Crippen LogP contribution in [0.1, 0.15) is 19.8 Å². The standard InChI is InChI=1S/C7H12O2/c1-2-9-5-6-3-7(8)4-6/h6H,2-5H2,1H3. The SMILES string of the molecule is CCOCC1CC(=O)C1. The van der Waals surface area contributed by atoms with E-state index in [1.165, 1.54) is 0 Å². The van der Waals surface area contributed by atoms with Gasteiger partial charge in [0.15, 0.2) is 0 Å². The fourth-order valence-corrected chi connectivity index (χ4v) is 0.987. The van der Waals surface area contributed by atoms with Gasteiger partial charge in [0.2, 0.25) is 0 Å². The summed E-state index contributed by atoms with van der Waals surface area (Å²) in [5.41, 5.74) is 0. The van der Waals surface area contributed by atoms with Gasteiger partial charge in [0.1, 0.15) is 5.78 Å². The number of Topliss-reactive ketones (excluding diaryl/α,β-unsaturated/α-hetero) is 1. The minimum atomic E-state index is 0.389. The van der Waals surface area contributed by atoms with Crippen LogP contribution in [0.15, 0.2) is 0 Å². The number of hydrogen-bond donors (Lipinski definition) is 0. The van der Waals surface area contributed by atoms with Crippen LogP contribution in [-0.4, -0.2) is 19.0 Å². The molecule has 1 fully saturated rings. The molecular formula is C7H12O2. The van der Waals surface area contributed by atoms with Gasteiger partial charge in [0, 0.05) is 19.4 Å². The molecule has 0 aromatic heterocycles. The summed E-state index contributed by atoms with van der Waals surface area (Å²) in [7, 11) is 0. The van der Waals surface area contributed by atoms with Crippen LogP contribution in [0.2, 0.25) is 0 Å². The average Bonchev–Trinajstić information content (AvgIpc) is 1.78. The van der Waals surface area contributed by atoms with Crippen molar-refractivity contribution in [2.24, 2.45) is 5.92 Å². The van der Waals surface area contributed by atoms with E-state index in [0.29, 0.717) is 11.7 Å². The van der Waals surface area contributed by atoms with Gasteiger partial charge in [-0.05, 0) is 12.8 Å². The summed E-state index contributed by atoms with van der Waals surface area (Å²) in [6, 6.07) is 0. The second kappa shape index (κ2) is 2.97. The molecule has 0 N–H and O–H groups in total. The fraction of sp³-hybridized carbons (Fsp3) is 0.857. The van der Waals surface area contributed by atoms with Crippen LogP contribution in [0.3, 0.4) is 0 Å². The zero-order valence-electron chi connectivity index (χ0n) is 5.72. The minimum Gasteiger partial charge on any atom is -0.381 e. The predicted octanol–water partition coefficient (Wildman–Crippen LogP) is 1.00. The van der Waals surface area contributed by atoms with Gasteiger partial charge >= 0.3 is 0 Å². The van der Waals surface area contributed by atoms with Crippen LogP contribution in [0.5, 0.6) is 0 Å². The molecule has 1 aliphatic rings. The molecule has 0 unspecified atom stereocenters. The van der Waals surface area contributed by atoms with E-state index >= 15 is 0 Å². The lowest BCUT2D eigenvalue weighted by Gasteiger charge is -2.22. The monoisotopic (exact) mass is 128 g/mol. The second-order valence-electron chi connectivity index (χ2n) is 2.47. The Morgan fingerprint density at radius 3 is 2.78 bits per heavy atom. The van der Waals surface area contributed by atoms with Crippen molar-refractivity contribution in [2.75, 3.05) is 13.2 Å². The van der Waals surface area contributed by atoms with Gasteiger partial charge < -0.3 is 4.74 Å². The molecule has 0 saturated heterocycles. The number of rotatable bonds is 3. The van der Waals surface area contributed by atoms with E-state index in [4.69, 9.17) is 4.74 Å². The van der Waals surface area contributed by atoms with E-state index in [1.807, 2.05) is 6.92 Å². The third-order valence-electron chi connectivity index (χ3n) is 1.59. The molecule has 0 amide bonds. The van der Waals surface area contributed by atoms with Gasteiger partial charge in [0.05, 0.1) is 6.61 Å². The summed E-state index contributed by atoms with van der Waals surface area (Å²) < 4.78 is 5.13. The zero-order valence-corrected chi connectivity index (χ0v) is 5.72. The molecule has 0 aromatic carbocycles. The smallest absolute Gasteiger partial charge is 0.133 e. The maximum absolute atomic E-state index is 10.4. The highest BCUT2D eigenvalue weighted by molar-refractivity contribution is 5.84. The van der Waals surface area contributed by atoms with Crippen LogP contribution in [0.4, 0.5) is 0 Å². The molecule has 0 radical (unpaired) electrons. The van der Waals surface area contributed by atoms with Crippen LogP contribution < -0.4 is 0 Å².